The Morgan fingerprint density at radius 3 is 2.11 bits per heavy atom. The SMILES string of the molecule is C[C@H](N)c1ccc(-c2ccccc2S(C)(=O)=O)cc1. The summed E-state index contributed by atoms with van der Waals surface area (Å²) in [5.74, 6) is 0. The van der Waals surface area contributed by atoms with Gasteiger partial charge in [0.2, 0.25) is 0 Å². The third-order valence-electron chi connectivity index (χ3n) is 3.03. The molecule has 100 valence electrons. The summed E-state index contributed by atoms with van der Waals surface area (Å²) in [6.07, 6.45) is 1.22. The highest BCUT2D eigenvalue weighted by molar-refractivity contribution is 7.90. The number of hydrogen-bond acceptors (Lipinski definition) is 3. The van der Waals surface area contributed by atoms with Gasteiger partial charge in [0.05, 0.1) is 4.90 Å². The van der Waals surface area contributed by atoms with Gasteiger partial charge in [0, 0.05) is 17.9 Å². The minimum absolute atomic E-state index is 0.0285. The monoisotopic (exact) mass is 275 g/mol. The first-order valence-corrected chi connectivity index (χ1v) is 7.94. The van der Waals surface area contributed by atoms with E-state index in [-0.39, 0.29) is 6.04 Å². The average molecular weight is 275 g/mol. The lowest BCUT2D eigenvalue weighted by atomic mass is 10.0. The topological polar surface area (TPSA) is 60.2 Å². The summed E-state index contributed by atoms with van der Waals surface area (Å²) in [6.45, 7) is 1.92. The predicted octanol–water partition coefficient (Wildman–Crippen LogP) is 2.78. The van der Waals surface area contributed by atoms with Gasteiger partial charge < -0.3 is 5.73 Å². The zero-order valence-corrected chi connectivity index (χ0v) is 11.8. The van der Waals surface area contributed by atoms with Crippen molar-refractivity contribution >= 4 is 9.84 Å². The quantitative estimate of drug-likeness (QED) is 0.937. The molecule has 0 saturated heterocycles. The zero-order chi connectivity index (χ0) is 14.0. The van der Waals surface area contributed by atoms with Gasteiger partial charge in [-0.3, -0.25) is 0 Å². The Kier molecular flexibility index (Phi) is 3.73. The van der Waals surface area contributed by atoms with Gasteiger partial charge in [-0.05, 0) is 24.1 Å². The van der Waals surface area contributed by atoms with Crippen molar-refractivity contribution in [1.29, 1.82) is 0 Å². The maximum absolute atomic E-state index is 11.8. The molecule has 0 heterocycles. The first-order valence-electron chi connectivity index (χ1n) is 6.04. The van der Waals surface area contributed by atoms with Crippen LogP contribution in [0.2, 0.25) is 0 Å². The molecule has 0 aliphatic carbocycles. The highest BCUT2D eigenvalue weighted by atomic mass is 32.2. The standard InChI is InChI=1S/C15H17NO2S/c1-11(16)12-7-9-13(10-8-12)14-5-3-4-6-15(14)19(2,17)18/h3-11H,16H2,1-2H3/t11-/m0/s1. The minimum atomic E-state index is -3.23. The Morgan fingerprint density at radius 1 is 1.00 bits per heavy atom. The Bertz CT molecular complexity index is 674. The molecule has 3 nitrogen and oxygen atoms in total. The summed E-state index contributed by atoms with van der Waals surface area (Å²) < 4.78 is 23.6. The minimum Gasteiger partial charge on any atom is -0.324 e. The molecule has 0 spiro atoms. The zero-order valence-electron chi connectivity index (χ0n) is 11.0. The van der Waals surface area contributed by atoms with E-state index in [4.69, 9.17) is 5.73 Å². The van der Waals surface area contributed by atoms with Crippen LogP contribution in [-0.2, 0) is 9.84 Å². The van der Waals surface area contributed by atoms with Crippen LogP contribution in [0, 0.1) is 0 Å². The number of hydrogen-bond donors (Lipinski definition) is 1. The molecule has 0 saturated carbocycles. The first kappa shape index (κ1) is 13.8. The summed E-state index contributed by atoms with van der Waals surface area (Å²) >= 11 is 0. The van der Waals surface area contributed by atoms with E-state index in [1.54, 1.807) is 12.1 Å². The number of rotatable bonds is 3. The van der Waals surface area contributed by atoms with E-state index in [0.29, 0.717) is 4.90 Å². The Morgan fingerprint density at radius 2 is 1.58 bits per heavy atom. The van der Waals surface area contributed by atoms with Gasteiger partial charge in [0.1, 0.15) is 0 Å². The van der Waals surface area contributed by atoms with Gasteiger partial charge >= 0.3 is 0 Å². The summed E-state index contributed by atoms with van der Waals surface area (Å²) in [5, 5.41) is 0. The largest absolute Gasteiger partial charge is 0.324 e. The van der Waals surface area contributed by atoms with Crippen LogP contribution in [0.1, 0.15) is 18.5 Å². The lowest BCUT2D eigenvalue weighted by Gasteiger charge is -2.10. The van der Waals surface area contributed by atoms with Gasteiger partial charge in [0.25, 0.3) is 0 Å². The van der Waals surface area contributed by atoms with E-state index in [9.17, 15) is 8.42 Å². The van der Waals surface area contributed by atoms with Crippen LogP contribution in [-0.4, -0.2) is 14.7 Å². The molecule has 0 aliphatic heterocycles. The molecule has 4 heteroatoms. The lowest BCUT2D eigenvalue weighted by molar-refractivity contribution is 0.602. The molecule has 0 aromatic heterocycles. The average Bonchev–Trinajstić information content (AvgIpc) is 2.38. The second-order valence-electron chi connectivity index (χ2n) is 4.68. The van der Waals surface area contributed by atoms with Gasteiger partial charge in [-0.25, -0.2) is 8.42 Å². The van der Waals surface area contributed by atoms with Crippen molar-refractivity contribution in [2.75, 3.05) is 6.26 Å². The predicted molar refractivity (Wildman–Crippen MR) is 77.6 cm³/mol. The van der Waals surface area contributed by atoms with E-state index in [1.165, 1.54) is 6.26 Å². The van der Waals surface area contributed by atoms with Crippen LogP contribution >= 0.6 is 0 Å². The normalized spacial score (nSPS) is 13.2. The molecule has 2 aromatic rings. The molecule has 19 heavy (non-hydrogen) atoms. The molecule has 0 amide bonds. The fourth-order valence-corrected chi connectivity index (χ4v) is 2.91. The third-order valence-corrected chi connectivity index (χ3v) is 4.19. The summed E-state index contributed by atoms with van der Waals surface area (Å²) in [4.78, 5) is 0.351. The second-order valence-corrected chi connectivity index (χ2v) is 6.66. The molecule has 2 N–H and O–H groups in total. The van der Waals surface area contributed by atoms with Crippen molar-refractivity contribution in [1.82, 2.24) is 0 Å². The molecule has 0 aliphatic rings. The molecular weight excluding hydrogens is 258 g/mol. The Balaban J connectivity index is 2.54. The fraction of sp³-hybridized carbons (Fsp3) is 0.200. The molecule has 0 radical (unpaired) electrons. The smallest absolute Gasteiger partial charge is 0.176 e. The maximum atomic E-state index is 11.8. The van der Waals surface area contributed by atoms with Crippen molar-refractivity contribution in [2.24, 2.45) is 5.73 Å². The fourth-order valence-electron chi connectivity index (χ4n) is 1.99. The Labute approximate surface area is 114 Å². The lowest BCUT2D eigenvalue weighted by Crippen LogP contribution is -2.04. The molecule has 0 unspecified atom stereocenters. The van der Waals surface area contributed by atoms with Gasteiger partial charge in [-0.15, -0.1) is 0 Å². The Hall–Kier alpha value is -1.65. The number of sulfone groups is 1. The van der Waals surface area contributed by atoms with Gasteiger partial charge in [-0.1, -0.05) is 42.5 Å². The second kappa shape index (κ2) is 5.15. The maximum Gasteiger partial charge on any atom is 0.176 e. The molecule has 0 fully saturated rings. The van der Waals surface area contributed by atoms with Gasteiger partial charge in [-0.2, -0.15) is 0 Å². The van der Waals surface area contributed by atoms with E-state index >= 15 is 0 Å². The molecule has 2 rings (SSSR count). The number of nitrogens with two attached hydrogens (primary N) is 1. The van der Waals surface area contributed by atoms with Crippen molar-refractivity contribution in [3.63, 3.8) is 0 Å². The van der Waals surface area contributed by atoms with Crippen molar-refractivity contribution < 1.29 is 8.42 Å². The summed E-state index contributed by atoms with van der Waals surface area (Å²) in [6, 6.07) is 14.7. The van der Waals surface area contributed by atoms with Crippen molar-refractivity contribution in [3.05, 3.63) is 54.1 Å². The molecular formula is C15H17NO2S. The summed E-state index contributed by atoms with van der Waals surface area (Å²) in [5.41, 5.74) is 8.44. The molecule has 0 bridgehead atoms. The van der Waals surface area contributed by atoms with Crippen LogP contribution in [0.4, 0.5) is 0 Å². The third kappa shape index (κ3) is 3.03. The number of benzene rings is 2. The van der Waals surface area contributed by atoms with E-state index < -0.39 is 9.84 Å². The van der Waals surface area contributed by atoms with E-state index in [0.717, 1.165) is 16.7 Å². The van der Waals surface area contributed by atoms with Crippen LogP contribution < -0.4 is 5.73 Å². The first-order chi connectivity index (χ1) is 8.89. The van der Waals surface area contributed by atoms with Gasteiger partial charge in [0.15, 0.2) is 9.84 Å². The highest BCUT2D eigenvalue weighted by Crippen LogP contribution is 2.27. The van der Waals surface area contributed by atoms with Crippen LogP contribution in [0.25, 0.3) is 11.1 Å². The molecule has 1 atom stereocenters. The van der Waals surface area contributed by atoms with Crippen LogP contribution in [0.15, 0.2) is 53.4 Å². The van der Waals surface area contributed by atoms with E-state index in [2.05, 4.69) is 0 Å². The van der Waals surface area contributed by atoms with Crippen LogP contribution in [0.3, 0.4) is 0 Å². The van der Waals surface area contributed by atoms with Crippen molar-refractivity contribution in [3.8, 4) is 11.1 Å². The summed E-state index contributed by atoms with van der Waals surface area (Å²) in [7, 11) is -3.23. The van der Waals surface area contributed by atoms with Crippen LogP contribution in [0.5, 0.6) is 0 Å². The van der Waals surface area contributed by atoms with Crippen molar-refractivity contribution in [2.45, 2.75) is 17.9 Å². The van der Waals surface area contributed by atoms with E-state index in [1.807, 2.05) is 43.3 Å². The molecule has 2 aromatic carbocycles. The highest BCUT2D eigenvalue weighted by Gasteiger charge is 2.13.